The van der Waals surface area contributed by atoms with Gasteiger partial charge in [-0.05, 0) is 41.5 Å². The smallest absolute Gasteiger partial charge is 0.274 e. The maximum Gasteiger partial charge on any atom is 0.274 e. The van der Waals surface area contributed by atoms with Crippen molar-refractivity contribution in [2.45, 2.75) is 5.92 Å². The van der Waals surface area contributed by atoms with Gasteiger partial charge in [0, 0.05) is 0 Å². The first kappa shape index (κ1) is 19.3. The molecule has 1 aliphatic heterocycles. The zero-order chi connectivity index (χ0) is 21.4. The van der Waals surface area contributed by atoms with Crippen LogP contribution >= 0.6 is 11.3 Å². The Morgan fingerprint density at radius 2 is 1.53 bits per heavy atom. The fourth-order valence-electron chi connectivity index (χ4n) is 3.35. The van der Waals surface area contributed by atoms with Gasteiger partial charge in [0.2, 0.25) is 0 Å². The number of fused-ring (bicyclic) bond motifs is 1. The number of nitriles is 2. The van der Waals surface area contributed by atoms with E-state index in [2.05, 4.69) is 6.07 Å². The summed E-state index contributed by atoms with van der Waals surface area (Å²) in [5.41, 5.74) is 7.03. The molecule has 0 spiro atoms. The second-order valence-electron chi connectivity index (χ2n) is 6.53. The third-order valence-electron chi connectivity index (χ3n) is 4.76. The van der Waals surface area contributed by atoms with Gasteiger partial charge in [0.05, 0.1) is 33.7 Å². The van der Waals surface area contributed by atoms with Crippen molar-refractivity contribution >= 4 is 28.8 Å². The maximum atomic E-state index is 13.4. The number of benzene rings is 2. The summed E-state index contributed by atoms with van der Waals surface area (Å²) >= 11 is 1.06. The van der Waals surface area contributed by atoms with Crippen LogP contribution in [0, 0.1) is 34.3 Å². The molecule has 0 radical (unpaired) electrons. The van der Waals surface area contributed by atoms with Gasteiger partial charge in [-0.2, -0.15) is 10.5 Å². The fourth-order valence-corrected chi connectivity index (χ4v) is 4.48. The number of nitrogens with two attached hydrogens (primary N) is 1. The Morgan fingerprint density at radius 3 is 2.10 bits per heavy atom. The number of nitrogens with zero attached hydrogens (tertiary/aromatic N) is 3. The Labute approximate surface area is 173 Å². The molecular formula is C22H12F2N4OS. The highest BCUT2D eigenvalue weighted by Crippen LogP contribution is 2.35. The topological polar surface area (TPSA) is 95.6 Å². The molecule has 1 atom stereocenters. The summed E-state index contributed by atoms with van der Waals surface area (Å²) in [4.78, 5) is 13.0. The summed E-state index contributed by atoms with van der Waals surface area (Å²) in [6, 6.07) is 15.1. The van der Waals surface area contributed by atoms with Gasteiger partial charge in [0.15, 0.2) is 0 Å². The first-order valence-electron chi connectivity index (χ1n) is 8.73. The van der Waals surface area contributed by atoms with E-state index in [1.807, 2.05) is 6.07 Å². The van der Waals surface area contributed by atoms with Crippen LogP contribution in [-0.2, 0) is 0 Å². The molecule has 0 saturated carbocycles. The van der Waals surface area contributed by atoms with Gasteiger partial charge < -0.3 is 5.73 Å². The highest BCUT2D eigenvalue weighted by Gasteiger charge is 2.32. The molecule has 1 aromatic heterocycles. The maximum absolute atomic E-state index is 13.4. The molecule has 0 aliphatic carbocycles. The zero-order valence-electron chi connectivity index (χ0n) is 15.3. The monoisotopic (exact) mass is 418 g/mol. The summed E-state index contributed by atoms with van der Waals surface area (Å²) in [5.74, 6) is -1.73. The number of hydrogen-bond donors (Lipinski definition) is 1. The van der Waals surface area contributed by atoms with Crippen LogP contribution < -0.4 is 20.5 Å². The molecule has 2 heterocycles. The van der Waals surface area contributed by atoms with E-state index in [1.54, 1.807) is 6.08 Å². The average Bonchev–Trinajstić information content (AvgIpc) is 3.06. The summed E-state index contributed by atoms with van der Waals surface area (Å²) in [5, 5.41) is 19.6. The highest BCUT2D eigenvalue weighted by molar-refractivity contribution is 7.07. The first-order valence-corrected chi connectivity index (χ1v) is 9.55. The van der Waals surface area contributed by atoms with Gasteiger partial charge in [0.1, 0.15) is 22.1 Å². The number of hydrogen-bond acceptors (Lipinski definition) is 5. The van der Waals surface area contributed by atoms with E-state index >= 15 is 0 Å². The third kappa shape index (κ3) is 3.10. The third-order valence-corrected chi connectivity index (χ3v) is 5.87. The van der Waals surface area contributed by atoms with Gasteiger partial charge in [-0.25, -0.2) is 8.78 Å². The molecule has 0 fully saturated rings. The lowest BCUT2D eigenvalue weighted by atomic mass is 9.84. The number of thiazole rings is 1. The molecule has 4 rings (SSSR count). The number of allylic oxidation sites excluding steroid dienone is 1. The Hall–Kier alpha value is -4.01. The Balaban J connectivity index is 2.04. The summed E-state index contributed by atoms with van der Waals surface area (Å²) < 4.78 is 28.3. The minimum absolute atomic E-state index is 0.0406. The fraction of sp³-hybridized carbons (Fsp3) is 0.0455. The second-order valence-corrected chi connectivity index (χ2v) is 7.56. The zero-order valence-corrected chi connectivity index (χ0v) is 16.1. The largest absolute Gasteiger partial charge is 0.384 e. The van der Waals surface area contributed by atoms with Gasteiger partial charge in [0.25, 0.3) is 5.56 Å². The van der Waals surface area contributed by atoms with Gasteiger partial charge in [-0.15, -0.1) is 11.3 Å². The van der Waals surface area contributed by atoms with Crippen molar-refractivity contribution in [1.82, 2.24) is 4.57 Å². The Kier molecular flexibility index (Phi) is 4.78. The molecule has 146 valence electrons. The molecular weight excluding hydrogens is 406 g/mol. The number of aromatic nitrogens is 1. The summed E-state index contributed by atoms with van der Waals surface area (Å²) in [7, 11) is 0. The number of rotatable bonds is 2. The quantitative estimate of drug-likeness (QED) is 0.690. The molecule has 0 bridgehead atoms. The minimum Gasteiger partial charge on any atom is -0.384 e. The van der Waals surface area contributed by atoms with E-state index < -0.39 is 23.1 Å². The Morgan fingerprint density at radius 1 is 0.967 bits per heavy atom. The van der Waals surface area contributed by atoms with Crippen molar-refractivity contribution in [3.05, 3.63) is 96.4 Å². The molecule has 1 aliphatic rings. The second kappa shape index (κ2) is 7.43. The molecule has 2 aromatic carbocycles. The van der Waals surface area contributed by atoms with Crippen LogP contribution in [0.3, 0.4) is 0 Å². The van der Waals surface area contributed by atoms with E-state index in [1.165, 1.54) is 48.5 Å². The van der Waals surface area contributed by atoms with Crippen molar-refractivity contribution in [3.8, 4) is 12.1 Å². The molecule has 3 aromatic rings. The summed E-state index contributed by atoms with van der Waals surface area (Å²) in [6.45, 7) is 0. The SMILES string of the molecule is N#CC1=C(N)n2c(sc(=Cc3ccc(F)cc3)c2=O)=C(C#N)C1c1ccc(F)cc1. The van der Waals surface area contributed by atoms with Crippen molar-refractivity contribution in [3.63, 3.8) is 0 Å². The van der Waals surface area contributed by atoms with Crippen LogP contribution in [0.2, 0.25) is 0 Å². The number of halogens is 2. The van der Waals surface area contributed by atoms with Gasteiger partial charge in [-0.3, -0.25) is 9.36 Å². The minimum atomic E-state index is -0.808. The van der Waals surface area contributed by atoms with Crippen molar-refractivity contribution in [1.29, 1.82) is 10.5 Å². The van der Waals surface area contributed by atoms with Crippen LogP contribution in [0.15, 0.2) is 58.9 Å². The molecule has 8 heteroatoms. The highest BCUT2D eigenvalue weighted by atomic mass is 32.1. The van der Waals surface area contributed by atoms with Crippen LogP contribution in [0.25, 0.3) is 17.5 Å². The van der Waals surface area contributed by atoms with Gasteiger partial charge >= 0.3 is 0 Å². The lowest BCUT2D eigenvalue weighted by molar-refractivity contribution is 0.626. The first-order chi connectivity index (χ1) is 14.4. The predicted octanol–water partition coefficient (Wildman–Crippen LogP) is 2.14. The van der Waals surface area contributed by atoms with E-state index in [4.69, 9.17) is 5.73 Å². The molecule has 2 N–H and O–H groups in total. The van der Waals surface area contributed by atoms with Crippen LogP contribution in [0.4, 0.5) is 8.78 Å². The average molecular weight is 418 g/mol. The van der Waals surface area contributed by atoms with Gasteiger partial charge in [-0.1, -0.05) is 24.3 Å². The Bertz CT molecular complexity index is 1450. The molecule has 30 heavy (non-hydrogen) atoms. The van der Waals surface area contributed by atoms with Crippen molar-refractivity contribution in [2.24, 2.45) is 5.73 Å². The molecule has 5 nitrogen and oxygen atoms in total. The molecule has 0 amide bonds. The van der Waals surface area contributed by atoms with E-state index in [0.29, 0.717) is 15.8 Å². The lowest BCUT2D eigenvalue weighted by Crippen LogP contribution is -2.38. The summed E-state index contributed by atoms with van der Waals surface area (Å²) in [6.07, 6.45) is 1.57. The van der Waals surface area contributed by atoms with Crippen molar-refractivity contribution < 1.29 is 8.78 Å². The lowest BCUT2D eigenvalue weighted by Gasteiger charge is -2.22. The van der Waals surface area contributed by atoms with E-state index in [9.17, 15) is 24.1 Å². The van der Waals surface area contributed by atoms with Crippen LogP contribution in [0.1, 0.15) is 17.0 Å². The predicted molar refractivity (Wildman–Crippen MR) is 109 cm³/mol. The van der Waals surface area contributed by atoms with E-state index in [-0.39, 0.29) is 21.5 Å². The standard InChI is InChI=1S/C22H12F2N4OS/c23-14-5-1-12(2-6-14)9-18-21(29)28-20(27)16(10-25)19(17(11-26)22(28)30-18)13-3-7-15(24)8-4-13/h1-9,19H,27H2. The normalized spacial score (nSPS) is 16.2. The van der Waals surface area contributed by atoms with Crippen LogP contribution in [0.5, 0.6) is 0 Å². The molecule has 1 unspecified atom stereocenters. The van der Waals surface area contributed by atoms with Crippen molar-refractivity contribution in [2.75, 3.05) is 0 Å². The molecule has 0 saturated heterocycles. The van der Waals surface area contributed by atoms with Crippen LogP contribution in [-0.4, -0.2) is 4.57 Å². The van der Waals surface area contributed by atoms with E-state index in [0.717, 1.165) is 15.9 Å².